The van der Waals surface area contributed by atoms with Gasteiger partial charge in [-0.05, 0) is 50.0 Å². The lowest BCUT2D eigenvalue weighted by Gasteiger charge is -2.29. The fraction of sp³-hybridized carbons (Fsp3) is 0.800. The minimum Gasteiger partial charge on any atom is -0.373 e. The molecule has 0 heterocycles. The molecule has 0 spiro atoms. The molecule has 1 unspecified atom stereocenters. The lowest BCUT2D eigenvalue weighted by molar-refractivity contribution is -0.129. The molecule has 0 radical (unpaired) electrons. The molecule has 0 aromatic carbocycles. The quantitative estimate of drug-likeness (QED) is 0.744. The Labute approximate surface area is 104 Å². The number of carbonyl (C=O) groups is 1. The van der Waals surface area contributed by atoms with Gasteiger partial charge in [0.2, 0.25) is 0 Å². The molecule has 2 rings (SSSR count). The number of ether oxygens (including phenoxy) is 1. The van der Waals surface area contributed by atoms with Crippen molar-refractivity contribution < 1.29 is 9.53 Å². The molecular weight excluding hydrogens is 212 g/mol. The summed E-state index contributed by atoms with van der Waals surface area (Å²) in [7, 11) is 1.69. The van der Waals surface area contributed by atoms with Crippen LogP contribution in [0.3, 0.4) is 0 Å². The smallest absolute Gasteiger partial charge is 0.187 e. The average molecular weight is 236 g/mol. The molecular formula is C15H24O2. The van der Waals surface area contributed by atoms with E-state index in [4.69, 9.17) is 4.74 Å². The zero-order chi connectivity index (χ0) is 12.1. The number of Topliss-reactive ketones (excluding diaryl/α,β-unsaturated/α-hetero) is 1. The van der Waals surface area contributed by atoms with Gasteiger partial charge >= 0.3 is 0 Å². The van der Waals surface area contributed by atoms with E-state index in [1.165, 1.54) is 32.1 Å². The summed E-state index contributed by atoms with van der Waals surface area (Å²) in [5.74, 6) is 0.739. The van der Waals surface area contributed by atoms with E-state index in [9.17, 15) is 4.79 Å². The third-order valence-corrected chi connectivity index (χ3v) is 4.20. The summed E-state index contributed by atoms with van der Waals surface area (Å²) in [5.41, 5.74) is 1.04. The monoisotopic (exact) mass is 236 g/mol. The lowest BCUT2D eigenvalue weighted by atomic mass is 9.81. The predicted molar refractivity (Wildman–Crippen MR) is 68.9 cm³/mol. The number of ketones is 1. The van der Waals surface area contributed by atoms with E-state index in [2.05, 4.69) is 6.08 Å². The van der Waals surface area contributed by atoms with Crippen LogP contribution in [0, 0.1) is 5.92 Å². The number of rotatable bonds is 4. The molecule has 17 heavy (non-hydrogen) atoms. The first-order valence-corrected chi connectivity index (χ1v) is 7.09. The molecule has 2 heteroatoms. The van der Waals surface area contributed by atoms with Gasteiger partial charge in [0.25, 0.3) is 0 Å². The maximum atomic E-state index is 12.4. The fourth-order valence-electron chi connectivity index (χ4n) is 3.20. The van der Waals surface area contributed by atoms with E-state index in [1.807, 2.05) is 0 Å². The van der Waals surface area contributed by atoms with E-state index in [-0.39, 0.29) is 11.9 Å². The van der Waals surface area contributed by atoms with Crippen molar-refractivity contribution in [3.63, 3.8) is 0 Å². The average Bonchev–Trinajstić information content (AvgIpc) is 2.42. The van der Waals surface area contributed by atoms with Crippen molar-refractivity contribution in [1.82, 2.24) is 0 Å². The van der Waals surface area contributed by atoms with E-state index < -0.39 is 0 Å². The van der Waals surface area contributed by atoms with Gasteiger partial charge in [-0.25, -0.2) is 0 Å². The van der Waals surface area contributed by atoms with Crippen molar-refractivity contribution in [2.45, 2.75) is 63.9 Å². The highest BCUT2D eigenvalue weighted by Crippen LogP contribution is 2.30. The third kappa shape index (κ3) is 3.19. The summed E-state index contributed by atoms with van der Waals surface area (Å²) in [5, 5.41) is 0. The van der Waals surface area contributed by atoms with Gasteiger partial charge in [0, 0.05) is 7.11 Å². The highest BCUT2D eigenvalue weighted by Gasteiger charge is 2.31. The van der Waals surface area contributed by atoms with Crippen LogP contribution in [0.2, 0.25) is 0 Å². The Bertz CT molecular complexity index is 287. The first kappa shape index (κ1) is 12.8. The van der Waals surface area contributed by atoms with Gasteiger partial charge in [-0.2, -0.15) is 0 Å². The minimum atomic E-state index is -0.167. The Balaban J connectivity index is 2.01. The first-order chi connectivity index (χ1) is 8.33. The molecule has 0 aromatic rings. The Morgan fingerprint density at radius 1 is 1.24 bits per heavy atom. The van der Waals surface area contributed by atoms with Crippen molar-refractivity contribution in [2.24, 2.45) is 5.92 Å². The summed E-state index contributed by atoms with van der Waals surface area (Å²) in [6.45, 7) is 0. The molecule has 0 aromatic heterocycles. The van der Waals surface area contributed by atoms with Crippen LogP contribution in [0.4, 0.5) is 0 Å². The molecule has 1 fully saturated rings. The van der Waals surface area contributed by atoms with E-state index >= 15 is 0 Å². The lowest BCUT2D eigenvalue weighted by Crippen LogP contribution is -2.34. The van der Waals surface area contributed by atoms with E-state index in [0.717, 1.165) is 31.3 Å². The third-order valence-electron chi connectivity index (χ3n) is 4.20. The highest BCUT2D eigenvalue weighted by atomic mass is 16.5. The summed E-state index contributed by atoms with van der Waals surface area (Å²) >= 11 is 0. The highest BCUT2D eigenvalue weighted by molar-refractivity contribution is 5.99. The van der Waals surface area contributed by atoms with Crippen LogP contribution < -0.4 is 0 Å². The summed E-state index contributed by atoms with van der Waals surface area (Å²) in [4.78, 5) is 12.4. The predicted octanol–water partition coefficient (Wildman–Crippen LogP) is 3.65. The molecule has 0 bridgehead atoms. The van der Waals surface area contributed by atoms with Gasteiger partial charge in [0.1, 0.15) is 6.10 Å². The Hall–Kier alpha value is -0.630. The Morgan fingerprint density at radius 2 is 2.00 bits per heavy atom. The SMILES string of the molecule is COC(C(=O)C1=CCCCC1)C1CCCCC1. The topological polar surface area (TPSA) is 26.3 Å². The Kier molecular flexibility index (Phi) is 4.78. The Morgan fingerprint density at radius 3 is 2.59 bits per heavy atom. The second kappa shape index (κ2) is 6.34. The second-order valence-electron chi connectivity index (χ2n) is 5.39. The first-order valence-electron chi connectivity index (χ1n) is 7.09. The van der Waals surface area contributed by atoms with Crippen molar-refractivity contribution in [2.75, 3.05) is 7.11 Å². The molecule has 0 aliphatic heterocycles. The van der Waals surface area contributed by atoms with Crippen molar-refractivity contribution >= 4 is 5.78 Å². The van der Waals surface area contributed by atoms with Gasteiger partial charge in [0.15, 0.2) is 5.78 Å². The number of carbonyl (C=O) groups excluding carboxylic acids is 1. The molecule has 0 amide bonds. The molecule has 2 aliphatic carbocycles. The second-order valence-corrected chi connectivity index (χ2v) is 5.39. The molecule has 0 N–H and O–H groups in total. The van der Waals surface area contributed by atoms with Crippen LogP contribution in [0.25, 0.3) is 0 Å². The van der Waals surface area contributed by atoms with Gasteiger partial charge in [0.05, 0.1) is 0 Å². The summed E-state index contributed by atoms with van der Waals surface area (Å²) < 4.78 is 5.51. The number of methoxy groups -OCH3 is 1. The van der Waals surface area contributed by atoms with Crippen LogP contribution in [-0.2, 0) is 9.53 Å². The van der Waals surface area contributed by atoms with Crippen molar-refractivity contribution in [1.29, 1.82) is 0 Å². The van der Waals surface area contributed by atoms with Crippen LogP contribution >= 0.6 is 0 Å². The summed E-state index contributed by atoms with van der Waals surface area (Å²) in [6.07, 6.45) is 12.6. The fourth-order valence-corrected chi connectivity index (χ4v) is 3.20. The zero-order valence-corrected chi connectivity index (χ0v) is 10.9. The zero-order valence-electron chi connectivity index (χ0n) is 10.9. The minimum absolute atomic E-state index is 0.167. The standard InChI is InChI=1S/C15H24O2/c1-17-15(13-10-6-3-7-11-13)14(16)12-8-4-2-5-9-12/h8,13,15H,2-7,9-11H2,1H3. The molecule has 96 valence electrons. The molecule has 1 saturated carbocycles. The van der Waals surface area contributed by atoms with Gasteiger partial charge < -0.3 is 4.74 Å². The maximum absolute atomic E-state index is 12.4. The number of hydrogen-bond acceptors (Lipinski definition) is 2. The number of hydrogen-bond donors (Lipinski definition) is 0. The van der Waals surface area contributed by atoms with Crippen LogP contribution in [-0.4, -0.2) is 19.0 Å². The molecule has 2 nitrogen and oxygen atoms in total. The van der Waals surface area contributed by atoms with Crippen LogP contribution in [0.15, 0.2) is 11.6 Å². The van der Waals surface area contributed by atoms with Gasteiger partial charge in [-0.1, -0.05) is 25.3 Å². The molecule has 0 saturated heterocycles. The van der Waals surface area contributed by atoms with E-state index in [1.54, 1.807) is 7.11 Å². The van der Waals surface area contributed by atoms with Gasteiger partial charge in [-0.15, -0.1) is 0 Å². The maximum Gasteiger partial charge on any atom is 0.187 e. The van der Waals surface area contributed by atoms with Crippen LogP contribution in [0.1, 0.15) is 57.8 Å². The molecule has 2 aliphatic rings. The summed E-state index contributed by atoms with van der Waals surface area (Å²) in [6, 6.07) is 0. The normalized spacial score (nSPS) is 24.2. The van der Waals surface area contributed by atoms with Gasteiger partial charge in [-0.3, -0.25) is 4.79 Å². The van der Waals surface area contributed by atoms with Crippen molar-refractivity contribution in [3.05, 3.63) is 11.6 Å². The molecule has 1 atom stereocenters. The van der Waals surface area contributed by atoms with E-state index in [0.29, 0.717) is 5.92 Å². The van der Waals surface area contributed by atoms with Crippen molar-refractivity contribution in [3.8, 4) is 0 Å². The largest absolute Gasteiger partial charge is 0.373 e. The number of allylic oxidation sites excluding steroid dienone is 1. The van der Waals surface area contributed by atoms with Crippen LogP contribution in [0.5, 0.6) is 0 Å².